The number of hydrogen-bond acceptors (Lipinski definition) is 4. The predicted molar refractivity (Wildman–Crippen MR) is 117 cm³/mol. The molecule has 0 fully saturated rings. The minimum atomic E-state index is -0.629. The average molecular weight is 399 g/mol. The van der Waals surface area contributed by atoms with Crippen LogP contribution in [-0.4, -0.2) is 11.7 Å². The van der Waals surface area contributed by atoms with Gasteiger partial charge in [0, 0.05) is 5.56 Å². The molecule has 1 aliphatic rings. The largest absolute Gasteiger partial charge is 0.460 e. The van der Waals surface area contributed by atoms with E-state index in [1.807, 2.05) is 74.5 Å². The monoisotopic (exact) mass is 399 g/mol. The molecule has 1 aliphatic heterocycles. The molecule has 2 unspecified atom stereocenters. The molecule has 0 bridgehead atoms. The highest BCUT2D eigenvalue weighted by molar-refractivity contribution is 6.14. The highest BCUT2D eigenvalue weighted by atomic mass is 16.6. The smallest absolute Gasteiger partial charge is 0.319 e. The van der Waals surface area contributed by atoms with E-state index in [0.717, 1.165) is 27.8 Å². The molecule has 3 aromatic rings. The maximum atomic E-state index is 13.3. The molecule has 2 atom stereocenters. The van der Waals surface area contributed by atoms with Crippen LogP contribution in [0.4, 0.5) is 0 Å². The number of aryl methyl sites for hydroxylation is 3. The normalized spacial score (nSPS) is 17.9. The van der Waals surface area contributed by atoms with Gasteiger partial charge < -0.3 is 9.57 Å². The number of ether oxygens (including phenoxy) is 1. The van der Waals surface area contributed by atoms with Crippen molar-refractivity contribution in [2.45, 2.75) is 33.5 Å². The molecule has 0 radical (unpaired) electrons. The van der Waals surface area contributed by atoms with Crippen molar-refractivity contribution in [3.8, 4) is 0 Å². The summed E-state index contributed by atoms with van der Waals surface area (Å²) in [5.74, 6) is -0.959. The van der Waals surface area contributed by atoms with Gasteiger partial charge in [-0.1, -0.05) is 83.5 Å². The Bertz CT molecular complexity index is 1050. The van der Waals surface area contributed by atoms with E-state index in [1.54, 1.807) is 0 Å². The van der Waals surface area contributed by atoms with Crippen molar-refractivity contribution in [1.29, 1.82) is 0 Å². The lowest BCUT2D eigenvalue weighted by Gasteiger charge is -2.20. The fourth-order valence-electron chi connectivity index (χ4n) is 4.11. The average Bonchev–Trinajstić information content (AvgIpc) is 3.17. The van der Waals surface area contributed by atoms with E-state index in [4.69, 9.17) is 9.57 Å². The van der Waals surface area contributed by atoms with E-state index in [1.165, 1.54) is 5.56 Å². The quantitative estimate of drug-likeness (QED) is 0.536. The molecule has 0 N–H and O–H groups in total. The first-order valence-corrected chi connectivity index (χ1v) is 10.1. The molecule has 0 aliphatic carbocycles. The maximum absolute atomic E-state index is 13.3. The van der Waals surface area contributed by atoms with Gasteiger partial charge in [-0.05, 0) is 43.0 Å². The molecule has 4 rings (SSSR count). The van der Waals surface area contributed by atoms with Gasteiger partial charge in [0.25, 0.3) is 0 Å². The second kappa shape index (κ2) is 8.54. The Kier molecular flexibility index (Phi) is 5.66. The standard InChI is InChI=1S/C26H25NO3/c1-17-14-18(2)22(19(3)15-17)24-23(25(30-27-24)21-12-8-5-9-13-21)26(28)29-16-20-10-6-4-7-11-20/h4-15,23,25H,16H2,1-3H3. The predicted octanol–water partition coefficient (Wildman–Crippen LogP) is 5.45. The summed E-state index contributed by atoms with van der Waals surface area (Å²) in [4.78, 5) is 19.1. The van der Waals surface area contributed by atoms with Crippen LogP contribution in [0.3, 0.4) is 0 Å². The third-order valence-electron chi connectivity index (χ3n) is 5.40. The second-order valence-electron chi connectivity index (χ2n) is 7.76. The summed E-state index contributed by atoms with van der Waals surface area (Å²) in [6.07, 6.45) is -0.510. The van der Waals surface area contributed by atoms with Crippen LogP contribution in [0.2, 0.25) is 0 Å². The summed E-state index contributed by atoms with van der Waals surface area (Å²) < 4.78 is 5.72. The van der Waals surface area contributed by atoms with Crippen LogP contribution in [0, 0.1) is 26.7 Å². The van der Waals surface area contributed by atoms with Gasteiger partial charge in [-0.25, -0.2) is 0 Å². The topological polar surface area (TPSA) is 47.9 Å². The molecule has 0 amide bonds. The second-order valence-corrected chi connectivity index (χ2v) is 7.76. The molecule has 0 spiro atoms. The van der Waals surface area contributed by atoms with Crippen molar-refractivity contribution in [2.24, 2.45) is 11.1 Å². The molecule has 4 heteroatoms. The van der Waals surface area contributed by atoms with Gasteiger partial charge in [0.15, 0.2) is 6.10 Å². The lowest BCUT2D eigenvalue weighted by atomic mass is 9.85. The van der Waals surface area contributed by atoms with E-state index in [9.17, 15) is 4.79 Å². The van der Waals surface area contributed by atoms with Gasteiger partial charge in [0.05, 0.1) is 0 Å². The van der Waals surface area contributed by atoms with Crippen LogP contribution in [0.5, 0.6) is 0 Å². The fourth-order valence-corrected chi connectivity index (χ4v) is 4.11. The van der Waals surface area contributed by atoms with Crippen molar-refractivity contribution < 1.29 is 14.4 Å². The SMILES string of the molecule is Cc1cc(C)c(C2=NOC(c3ccccc3)C2C(=O)OCc2ccccc2)c(C)c1. The molecule has 3 aromatic carbocycles. The zero-order chi connectivity index (χ0) is 21.1. The van der Waals surface area contributed by atoms with E-state index in [0.29, 0.717) is 5.71 Å². The third kappa shape index (κ3) is 3.99. The lowest BCUT2D eigenvalue weighted by molar-refractivity contribution is -0.150. The molecule has 152 valence electrons. The summed E-state index contributed by atoms with van der Waals surface area (Å²) in [7, 11) is 0. The minimum absolute atomic E-state index is 0.219. The minimum Gasteiger partial charge on any atom is -0.460 e. The van der Waals surface area contributed by atoms with Crippen LogP contribution in [0.15, 0.2) is 78.0 Å². The van der Waals surface area contributed by atoms with Crippen LogP contribution in [0.25, 0.3) is 0 Å². The van der Waals surface area contributed by atoms with Crippen molar-refractivity contribution in [2.75, 3.05) is 0 Å². The van der Waals surface area contributed by atoms with Gasteiger partial charge in [-0.3, -0.25) is 4.79 Å². The zero-order valence-corrected chi connectivity index (χ0v) is 17.5. The molecule has 0 aromatic heterocycles. The Balaban J connectivity index is 1.68. The number of benzene rings is 3. The van der Waals surface area contributed by atoms with Gasteiger partial charge in [-0.15, -0.1) is 0 Å². The van der Waals surface area contributed by atoms with Gasteiger partial charge in [0.2, 0.25) is 0 Å². The molecular weight excluding hydrogens is 374 g/mol. The fraction of sp³-hybridized carbons (Fsp3) is 0.231. The van der Waals surface area contributed by atoms with Crippen molar-refractivity contribution in [3.63, 3.8) is 0 Å². The number of carbonyl (C=O) groups is 1. The Morgan fingerprint density at radius 3 is 2.17 bits per heavy atom. The van der Waals surface area contributed by atoms with Crippen LogP contribution >= 0.6 is 0 Å². The number of hydrogen-bond donors (Lipinski definition) is 0. The maximum Gasteiger partial charge on any atom is 0.319 e. The number of rotatable bonds is 5. The summed E-state index contributed by atoms with van der Waals surface area (Å²) in [5.41, 5.74) is 6.77. The van der Waals surface area contributed by atoms with Gasteiger partial charge in [-0.2, -0.15) is 0 Å². The summed E-state index contributed by atoms with van der Waals surface area (Å²) >= 11 is 0. The van der Waals surface area contributed by atoms with Crippen LogP contribution in [0.1, 0.15) is 39.5 Å². The summed E-state index contributed by atoms with van der Waals surface area (Å²) in [6, 6.07) is 23.6. The van der Waals surface area contributed by atoms with Crippen LogP contribution in [-0.2, 0) is 21.0 Å². The first-order chi connectivity index (χ1) is 14.5. The molecule has 0 saturated heterocycles. The molecular formula is C26H25NO3. The first kappa shape index (κ1) is 19.9. The highest BCUT2D eigenvalue weighted by Crippen LogP contribution is 2.37. The first-order valence-electron chi connectivity index (χ1n) is 10.1. The van der Waals surface area contributed by atoms with Crippen molar-refractivity contribution in [3.05, 3.63) is 106 Å². The number of nitrogens with zero attached hydrogens (tertiary/aromatic N) is 1. The van der Waals surface area contributed by atoms with Crippen molar-refractivity contribution >= 4 is 11.7 Å². The van der Waals surface area contributed by atoms with Gasteiger partial charge in [0.1, 0.15) is 18.2 Å². The molecule has 0 saturated carbocycles. The Hall–Kier alpha value is -3.40. The number of oxime groups is 1. The van der Waals surface area contributed by atoms with Crippen molar-refractivity contribution in [1.82, 2.24) is 0 Å². The molecule has 30 heavy (non-hydrogen) atoms. The van der Waals surface area contributed by atoms with Crippen LogP contribution < -0.4 is 0 Å². The van der Waals surface area contributed by atoms with E-state index in [-0.39, 0.29) is 12.6 Å². The number of carbonyl (C=O) groups excluding carboxylic acids is 1. The Morgan fingerprint density at radius 1 is 0.933 bits per heavy atom. The van der Waals surface area contributed by atoms with E-state index < -0.39 is 12.0 Å². The molecule has 1 heterocycles. The lowest BCUT2D eigenvalue weighted by Crippen LogP contribution is -2.30. The Labute approximate surface area is 177 Å². The number of esters is 1. The highest BCUT2D eigenvalue weighted by Gasteiger charge is 2.43. The Morgan fingerprint density at radius 2 is 1.53 bits per heavy atom. The van der Waals surface area contributed by atoms with Gasteiger partial charge >= 0.3 is 5.97 Å². The molecule has 4 nitrogen and oxygen atoms in total. The third-order valence-corrected chi connectivity index (χ3v) is 5.40. The van der Waals surface area contributed by atoms with E-state index in [2.05, 4.69) is 24.2 Å². The van der Waals surface area contributed by atoms with E-state index >= 15 is 0 Å². The zero-order valence-electron chi connectivity index (χ0n) is 17.5. The summed E-state index contributed by atoms with van der Waals surface area (Å²) in [6.45, 7) is 6.37. The summed E-state index contributed by atoms with van der Waals surface area (Å²) in [5, 5.41) is 4.39.